The number of hydrogen-bond acceptors (Lipinski definition) is 2. The van der Waals surface area contributed by atoms with E-state index in [4.69, 9.17) is 16.3 Å². The van der Waals surface area contributed by atoms with Crippen molar-refractivity contribution in [1.29, 1.82) is 0 Å². The normalized spacial score (nSPS) is 12.2. The van der Waals surface area contributed by atoms with Crippen LogP contribution in [0.3, 0.4) is 0 Å². The largest absolute Gasteiger partial charge is 0.493 e. The lowest BCUT2D eigenvalue weighted by Crippen LogP contribution is -2.02. The van der Waals surface area contributed by atoms with Gasteiger partial charge in [-0.3, -0.25) is 0 Å². The highest BCUT2D eigenvalue weighted by atomic mass is 79.9. The molecular formula is C16H16BrClO2. The van der Waals surface area contributed by atoms with Gasteiger partial charge in [0.25, 0.3) is 0 Å². The molecular weight excluding hydrogens is 340 g/mol. The standard InChI is InChI=1S/C16H16BrClO2/c1-3-20-15-7-4-11(9-14(15)17)16(19)13-6-5-12(18)8-10(13)2/h4-9,16,19H,3H2,1-2H3. The third-order valence-corrected chi connectivity index (χ3v) is 3.95. The number of hydrogen-bond donors (Lipinski definition) is 1. The summed E-state index contributed by atoms with van der Waals surface area (Å²) in [5.74, 6) is 0.774. The fraction of sp³-hybridized carbons (Fsp3) is 0.250. The van der Waals surface area contributed by atoms with Crippen molar-refractivity contribution in [2.45, 2.75) is 20.0 Å². The van der Waals surface area contributed by atoms with E-state index in [9.17, 15) is 5.11 Å². The Morgan fingerprint density at radius 1 is 1.25 bits per heavy atom. The minimum Gasteiger partial charge on any atom is -0.493 e. The van der Waals surface area contributed by atoms with Crippen LogP contribution in [-0.2, 0) is 0 Å². The molecule has 0 aromatic heterocycles. The number of benzene rings is 2. The van der Waals surface area contributed by atoms with Crippen LogP contribution in [0.15, 0.2) is 40.9 Å². The topological polar surface area (TPSA) is 29.5 Å². The molecule has 20 heavy (non-hydrogen) atoms. The average molecular weight is 356 g/mol. The van der Waals surface area contributed by atoms with Crippen LogP contribution >= 0.6 is 27.5 Å². The van der Waals surface area contributed by atoms with Crippen molar-refractivity contribution in [3.05, 3.63) is 62.6 Å². The van der Waals surface area contributed by atoms with Crippen LogP contribution in [0.5, 0.6) is 5.75 Å². The Hall–Kier alpha value is -1.03. The van der Waals surface area contributed by atoms with Gasteiger partial charge < -0.3 is 9.84 Å². The van der Waals surface area contributed by atoms with Gasteiger partial charge in [-0.1, -0.05) is 23.7 Å². The minimum absolute atomic E-state index is 0.608. The number of aliphatic hydroxyl groups is 1. The lowest BCUT2D eigenvalue weighted by atomic mass is 9.97. The lowest BCUT2D eigenvalue weighted by molar-refractivity contribution is 0.219. The van der Waals surface area contributed by atoms with Crippen molar-refractivity contribution < 1.29 is 9.84 Å². The smallest absolute Gasteiger partial charge is 0.133 e. The summed E-state index contributed by atoms with van der Waals surface area (Å²) in [6, 6.07) is 11.1. The molecule has 0 bridgehead atoms. The van der Waals surface area contributed by atoms with E-state index in [-0.39, 0.29) is 0 Å². The third-order valence-electron chi connectivity index (χ3n) is 3.10. The first-order chi connectivity index (χ1) is 9.52. The Labute approximate surface area is 132 Å². The molecule has 4 heteroatoms. The second-order valence-electron chi connectivity index (χ2n) is 4.53. The van der Waals surface area contributed by atoms with Gasteiger partial charge in [-0.2, -0.15) is 0 Å². The van der Waals surface area contributed by atoms with Crippen LogP contribution in [0.2, 0.25) is 5.02 Å². The van der Waals surface area contributed by atoms with Gasteiger partial charge >= 0.3 is 0 Å². The highest BCUT2D eigenvalue weighted by Crippen LogP contribution is 2.32. The Kier molecular flexibility index (Phi) is 5.08. The summed E-state index contributed by atoms with van der Waals surface area (Å²) in [5, 5.41) is 11.2. The van der Waals surface area contributed by atoms with E-state index >= 15 is 0 Å². The van der Waals surface area contributed by atoms with Crippen LogP contribution < -0.4 is 4.74 Å². The van der Waals surface area contributed by atoms with E-state index in [0.29, 0.717) is 11.6 Å². The quantitative estimate of drug-likeness (QED) is 0.846. The summed E-state index contributed by atoms with van der Waals surface area (Å²) in [6.07, 6.45) is -0.681. The lowest BCUT2D eigenvalue weighted by Gasteiger charge is -2.16. The van der Waals surface area contributed by atoms with Gasteiger partial charge in [-0.25, -0.2) is 0 Å². The maximum atomic E-state index is 10.5. The zero-order valence-corrected chi connectivity index (χ0v) is 13.7. The summed E-state index contributed by atoms with van der Waals surface area (Å²) < 4.78 is 6.31. The summed E-state index contributed by atoms with van der Waals surface area (Å²) in [4.78, 5) is 0. The molecule has 106 valence electrons. The molecule has 2 rings (SSSR count). The Balaban J connectivity index is 2.33. The van der Waals surface area contributed by atoms with Crippen molar-refractivity contribution in [2.24, 2.45) is 0 Å². The predicted molar refractivity (Wildman–Crippen MR) is 85.6 cm³/mol. The van der Waals surface area contributed by atoms with Gasteiger partial charge in [-0.05, 0) is 70.7 Å². The van der Waals surface area contributed by atoms with E-state index in [1.807, 2.05) is 44.2 Å². The van der Waals surface area contributed by atoms with E-state index in [2.05, 4.69) is 15.9 Å². The summed E-state index contributed by atoms with van der Waals surface area (Å²) in [5.41, 5.74) is 2.63. The summed E-state index contributed by atoms with van der Waals surface area (Å²) in [7, 11) is 0. The number of halogens is 2. The summed E-state index contributed by atoms with van der Waals surface area (Å²) >= 11 is 9.40. The number of ether oxygens (including phenoxy) is 1. The number of aliphatic hydroxyl groups excluding tert-OH is 1. The van der Waals surface area contributed by atoms with Crippen molar-refractivity contribution in [2.75, 3.05) is 6.61 Å². The van der Waals surface area contributed by atoms with Gasteiger partial charge in [0.05, 0.1) is 11.1 Å². The zero-order valence-electron chi connectivity index (χ0n) is 11.4. The maximum Gasteiger partial charge on any atom is 0.133 e. The molecule has 1 unspecified atom stereocenters. The average Bonchev–Trinajstić information content (AvgIpc) is 2.40. The van der Waals surface area contributed by atoms with E-state index in [0.717, 1.165) is 26.9 Å². The van der Waals surface area contributed by atoms with Crippen LogP contribution in [0, 0.1) is 6.92 Å². The Morgan fingerprint density at radius 2 is 2.00 bits per heavy atom. The molecule has 0 saturated carbocycles. The molecule has 0 radical (unpaired) electrons. The molecule has 0 aliphatic carbocycles. The first-order valence-corrected chi connectivity index (χ1v) is 7.56. The molecule has 0 aliphatic rings. The van der Waals surface area contributed by atoms with Gasteiger partial charge in [-0.15, -0.1) is 0 Å². The molecule has 0 aliphatic heterocycles. The highest BCUT2D eigenvalue weighted by Gasteiger charge is 2.14. The van der Waals surface area contributed by atoms with Crippen LogP contribution in [-0.4, -0.2) is 11.7 Å². The molecule has 0 spiro atoms. The summed E-state index contributed by atoms with van der Waals surface area (Å²) in [6.45, 7) is 4.48. The van der Waals surface area contributed by atoms with E-state index in [1.54, 1.807) is 6.07 Å². The Morgan fingerprint density at radius 3 is 2.60 bits per heavy atom. The third kappa shape index (κ3) is 3.35. The molecule has 0 heterocycles. The first-order valence-electron chi connectivity index (χ1n) is 6.39. The second-order valence-corrected chi connectivity index (χ2v) is 5.82. The fourth-order valence-electron chi connectivity index (χ4n) is 2.09. The van der Waals surface area contributed by atoms with Crippen LogP contribution in [0.1, 0.15) is 29.7 Å². The number of rotatable bonds is 4. The monoisotopic (exact) mass is 354 g/mol. The highest BCUT2D eigenvalue weighted by molar-refractivity contribution is 9.10. The molecule has 1 atom stereocenters. The van der Waals surface area contributed by atoms with Crippen molar-refractivity contribution in [3.63, 3.8) is 0 Å². The van der Waals surface area contributed by atoms with Crippen molar-refractivity contribution in [1.82, 2.24) is 0 Å². The van der Waals surface area contributed by atoms with E-state index in [1.165, 1.54) is 0 Å². The molecule has 1 N–H and O–H groups in total. The molecule has 2 aromatic rings. The second kappa shape index (κ2) is 6.61. The van der Waals surface area contributed by atoms with Gasteiger partial charge in [0.1, 0.15) is 11.9 Å². The van der Waals surface area contributed by atoms with Crippen LogP contribution in [0.25, 0.3) is 0 Å². The molecule has 0 amide bonds. The van der Waals surface area contributed by atoms with E-state index < -0.39 is 6.10 Å². The Bertz CT molecular complexity index is 613. The maximum absolute atomic E-state index is 10.5. The van der Waals surface area contributed by atoms with Crippen molar-refractivity contribution in [3.8, 4) is 5.75 Å². The van der Waals surface area contributed by atoms with Gasteiger partial charge in [0.2, 0.25) is 0 Å². The molecule has 2 aromatic carbocycles. The van der Waals surface area contributed by atoms with Crippen molar-refractivity contribution >= 4 is 27.5 Å². The minimum atomic E-state index is -0.681. The molecule has 0 fully saturated rings. The first kappa shape index (κ1) is 15.4. The van der Waals surface area contributed by atoms with Crippen LogP contribution in [0.4, 0.5) is 0 Å². The fourth-order valence-corrected chi connectivity index (χ4v) is 2.82. The predicted octanol–water partition coefficient (Wildman–Crippen LogP) is 4.89. The molecule has 0 saturated heterocycles. The molecule has 2 nitrogen and oxygen atoms in total. The van der Waals surface area contributed by atoms with Gasteiger partial charge in [0, 0.05) is 5.02 Å². The van der Waals surface area contributed by atoms with Gasteiger partial charge in [0.15, 0.2) is 0 Å². The zero-order chi connectivity index (χ0) is 14.7. The SMILES string of the molecule is CCOc1ccc(C(O)c2ccc(Cl)cc2C)cc1Br. The number of aryl methyl sites for hydroxylation is 1.